The van der Waals surface area contributed by atoms with E-state index >= 15 is 0 Å². The Morgan fingerprint density at radius 2 is 1.81 bits per heavy atom. The molecule has 1 aromatic heterocycles. The minimum absolute atomic E-state index is 0.0977. The maximum atomic E-state index is 12.4. The lowest BCUT2D eigenvalue weighted by molar-refractivity contribution is -0.121. The van der Waals surface area contributed by atoms with Gasteiger partial charge in [-0.3, -0.25) is 9.69 Å². The van der Waals surface area contributed by atoms with Crippen molar-refractivity contribution in [2.24, 2.45) is 0 Å². The van der Waals surface area contributed by atoms with Crippen LogP contribution in [-0.2, 0) is 4.79 Å². The molecule has 0 bridgehead atoms. The smallest absolute Gasteiger partial charge is 0.265 e. The van der Waals surface area contributed by atoms with Crippen molar-refractivity contribution in [1.29, 1.82) is 0 Å². The molecular weight excluding hydrogens is 398 g/mol. The van der Waals surface area contributed by atoms with E-state index in [9.17, 15) is 4.79 Å². The molecule has 2 heterocycles. The molecule has 3 aromatic rings. The van der Waals surface area contributed by atoms with Crippen LogP contribution in [-0.4, -0.2) is 32.0 Å². The van der Waals surface area contributed by atoms with E-state index in [4.69, 9.17) is 28.9 Å². The highest BCUT2D eigenvalue weighted by molar-refractivity contribution is 8.26. The van der Waals surface area contributed by atoms with Crippen LogP contribution in [0.3, 0.4) is 0 Å². The van der Waals surface area contributed by atoms with Crippen LogP contribution >= 0.6 is 35.6 Å². The summed E-state index contributed by atoms with van der Waals surface area (Å²) in [5, 5.41) is 5.41. The average Bonchev–Trinajstić information content (AvgIpc) is 3.20. The zero-order valence-corrected chi connectivity index (χ0v) is 16.7. The van der Waals surface area contributed by atoms with Crippen LogP contribution in [0.5, 0.6) is 0 Å². The summed E-state index contributed by atoms with van der Waals surface area (Å²) in [6.07, 6.45) is 3.76. The van der Waals surface area contributed by atoms with E-state index < -0.39 is 0 Å². The first-order valence-corrected chi connectivity index (χ1v) is 9.76. The Balaban J connectivity index is 1.84. The number of thioether (sulfide) groups is 1. The first-order valence-electron chi connectivity index (χ1n) is 8.15. The third-order valence-corrected chi connectivity index (χ3v) is 5.89. The summed E-state index contributed by atoms with van der Waals surface area (Å²) in [6, 6.07) is 17.3. The van der Waals surface area contributed by atoms with E-state index in [2.05, 4.69) is 0 Å². The average molecular weight is 412 g/mol. The second kappa shape index (κ2) is 7.31. The minimum Gasteiger partial charge on any atom is -0.296 e. The summed E-state index contributed by atoms with van der Waals surface area (Å²) in [5.74, 6) is -0.0977. The van der Waals surface area contributed by atoms with Gasteiger partial charge in [-0.1, -0.05) is 65.9 Å². The third kappa shape index (κ3) is 3.56. The van der Waals surface area contributed by atoms with Crippen LogP contribution in [0.4, 0.5) is 0 Å². The molecule has 0 aliphatic carbocycles. The van der Waals surface area contributed by atoms with Gasteiger partial charge in [-0.15, -0.1) is 0 Å². The third-order valence-electron chi connectivity index (χ3n) is 4.15. The van der Waals surface area contributed by atoms with Gasteiger partial charge in [0.15, 0.2) is 0 Å². The Hall–Kier alpha value is -2.41. The molecule has 1 saturated heterocycles. The number of nitrogens with zero attached hydrogens (tertiary/aromatic N) is 3. The lowest BCUT2D eigenvalue weighted by Crippen LogP contribution is -2.22. The van der Waals surface area contributed by atoms with Gasteiger partial charge >= 0.3 is 0 Å². The number of hydrogen-bond donors (Lipinski definition) is 0. The molecule has 4 nitrogen and oxygen atoms in total. The highest BCUT2D eigenvalue weighted by Gasteiger charge is 2.29. The van der Waals surface area contributed by atoms with Gasteiger partial charge in [0.1, 0.15) is 4.32 Å². The maximum absolute atomic E-state index is 12.4. The maximum Gasteiger partial charge on any atom is 0.265 e. The van der Waals surface area contributed by atoms with Crippen molar-refractivity contribution in [3.05, 3.63) is 76.3 Å². The fraction of sp³-hybridized carbons (Fsp3) is 0.0500. The highest BCUT2D eigenvalue weighted by atomic mass is 35.5. The molecular formula is C20H14ClN3OS2. The second-order valence-corrected chi connectivity index (χ2v) is 8.07. The molecule has 0 N–H and O–H groups in total. The van der Waals surface area contributed by atoms with E-state index in [0.29, 0.717) is 14.2 Å². The van der Waals surface area contributed by atoms with Crippen LogP contribution in [0.1, 0.15) is 5.56 Å². The molecule has 0 saturated carbocycles. The van der Waals surface area contributed by atoms with Crippen LogP contribution < -0.4 is 0 Å². The summed E-state index contributed by atoms with van der Waals surface area (Å²) >= 11 is 12.5. The number of hydrogen-bond acceptors (Lipinski definition) is 4. The molecule has 1 aliphatic rings. The molecule has 2 aromatic carbocycles. The number of halogens is 1. The van der Waals surface area contributed by atoms with E-state index in [0.717, 1.165) is 22.5 Å². The number of thiocarbonyl (C=S) groups is 1. The summed E-state index contributed by atoms with van der Waals surface area (Å²) in [7, 11) is 1.69. The first kappa shape index (κ1) is 18.0. The Kier molecular flexibility index (Phi) is 4.86. The predicted molar refractivity (Wildman–Crippen MR) is 115 cm³/mol. The largest absolute Gasteiger partial charge is 0.296 e. The van der Waals surface area contributed by atoms with Crippen molar-refractivity contribution in [1.82, 2.24) is 14.7 Å². The number of amides is 1. The van der Waals surface area contributed by atoms with Gasteiger partial charge in [0, 0.05) is 29.4 Å². The van der Waals surface area contributed by atoms with Gasteiger partial charge in [-0.25, -0.2) is 4.68 Å². The zero-order valence-electron chi connectivity index (χ0n) is 14.3. The molecule has 1 amide bonds. The number of likely N-dealkylation sites (N-methyl/N-ethyl adjacent to an activating group) is 1. The van der Waals surface area contributed by atoms with Crippen molar-refractivity contribution in [2.45, 2.75) is 0 Å². The van der Waals surface area contributed by atoms with Crippen molar-refractivity contribution in [3.63, 3.8) is 0 Å². The molecule has 0 radical (unpaired) electrons. The number of rotatable bonds is 3. The Morgan fingerprint density at radius 1 is 1.11 bits per heavy atom. The van der Waals surface area contributed by atoms with Crippen molar-refractivity contribution in [2.75, 3.05) is 7.05 Å². The van der Waals surface area contributed by atoms with E-state index in [1.165, 1.54) is 16.7 Å². The number of para-hydroxylation sites is 1. The van der Waals surface area contributed by atoms with Crippen LogP contribution in [0.15, 0.2) is 65.7 Å². The fourth-order valence-electron chi connectivity index (χ4n) is 2.72. The van der Waals surface area contributed by atoms with Crippen LogP contribution in [0, 0.1) is 0 Å². The first-order chi connectivity index (χ1) is 13.0. The molecule has 0 spiro atoms. The fourth-order valence-corrected chi connectivity index (χ4v) is 4.02. The Bertz CT molecular complexity index is 1060. The SMILES string of the molecule is CN1C(=O)C(=Cc2cn(-c3ccccc3)nc2-c2ccc(Cl)cc2)SC1=S. The number of carbonyl (C=O) groups excluding carboxylic acids is 1. The van der Waals surface area contributed by atoms with Crippen molar-refractivity contribution < 1.29 is 4.79 Å². The summed E-state index contributed by atoms with van der Waals surface area (Å²) < 4.78 is 2.36. The topological polar surface area (TPSA) is 38.1 Å². The summed E-state index contributed by atoms with van der Waals surface area (Å²) in [4.78, 5) is 14.5. The Morgan fingerprint density at radius 3 is 2.44 bits per heavy atom. The van der Waals surface area contributed by atoms with E-state index in [-0.39, 0.29) is 5.91 Å². The van der Waals surface area contributed by atoms with Crippen LogP contribution in [0.2, 0.25) is 5.02 Å². The molecule has 4 rings (SSSR count). The van der Waals surface area contributed by atoms with Crippen molar-refractivity contribution in [3.8, 4) is 16.9 Å². The van der Waals surface area contributed by atoms with Gasteiger partial charge in [0.05, 0.1) is 16.3 Å². The van der Waals surface area contributed by atoms with Gasteiger partial charge in [-0.2, -0.15) is 5.10 Å². The number of benzene rings is 2. The normalized spacial score (nSPS) is 15.8. The number of carbonyl (C=O) groups is 1. The molecule has 1 aliphatic heterocycles. The number of aromatic nitrogens is 2. The minimum atomic E-state index is -0.0977. The van der Waals surface area contributed by atoms with Gasteiger partial charge in [0.2, 0.25) is 0 Å². The predicted octanol–water partition coefficient (Wildman–Crippen LogP) is 5.02. The molecule has 134 valence electrons. The molecule has 1 fully saturated rings. The van der Waals surface area contributed by atoms with Gasteiger partial charge in [0.25, 0.3) is 5.91 Å². The lowest BCUT2D eigenvalue weighted by Gasteiger charge is -2.03. The molecule has 0 unspecified atom stereocenters. The zero-order chi connectivity index (χ0) is 19.0. The lowest BCUT2D eigenvalue weighted by atomic mass is 10.1. The van der Waals surface area contributed by atoms with E-state index in [1.54, 1.807) is 7.05 Å². The Labute approximate surface area is 171 Å². The summed E-state index contributed by atoms with van der Waals surface area (Å²) in [5.41, 5.74) is 3.48. The molecule has 0 atom stereocenters. The van der Waals surface area contributed by atoms with Crippen molar-refractivity contribution >= 4 is 51.9 Å². The quantitative estimate of drug-likeness (QED) is 0.448. The standard InChI is InChI=1S/C20H14ClN3OS2/c1-23-19(25)17(27-20(23)26)11-14-12-24(16-5-3-2-4-6-16)22-18(14)13-7-9-15(21)10-8-13/h2-12H,1H3. The highest BCUT2D eigenvalue weighted by Crippen LogP contribution is 2.34. The van der Waals surface area contributed by atoms with Gasteiger partial charge in [-0.05, 0) is 30.3 Å². The van der Waals surface area contributed by atoms with Crippen LogP contribution in [0.25, 0.3) is 23.0 Å². The molecule has 27 heavy (non-hydrogen) atoms. The summed E-state index contributed by atoms with van der Waals surface area (Å²) in [6.45, 7) is 0. The molecule has 7 heteroatoms. The monoisotopic (exact) mass is 411 g/mol. The van der Waals surface area contributed by atoms with E-state index in [1.807, 2.05) is 71.6 Å². The second-order valence-electron chi connectivity index (χ2n) is 5.96. The van der Waals surface area contributed by atoms with Gasteiger partial charge < -0.3 is 0 Å².